The van der Waals surface area contributed by atoms with Crippen LogP contribution in [-0.2, 0) is 10.0 Å². The van der Waals surface area contributed by atoms with Crippen molar-refractivity contribution in [3.63, 3.8) is 0 Å². The van der Waals surface area contributed by atoms with Crippen LogP contribution in [-0.4, -0.2) is 39.9 Å². The fourth-order valence-corrected chi connectivity index (χ4v) is 5.09. The van der Waals surface area contributed by atoms with Gasteiger partial charge in [-0.25, -0.2) is 12.8 Å². The first kappa shape index (κ1) is 23.2. The van der Waals surface area contributed by atoms with Crippen molar-refractivity contribution < 1.29 is 17.6 Å². The van der Waals surface area contributed by atoms with Crippen LogP contribution in [0.15, 0.2) is 64.9 Å². The van der Waals surface area contributed by atoms with Crippen LogP contribution in [0, 0.1) is 5.82 Å². The molecule has 1 amide bonds. The first-order chi connectivity index (χ1) is 14.7. The van der Waals surface area contributed by atoms with E-state index in [4.69, 9.17) is 11.6 Å². The van der Waals surface area contributed by atoms with Gasteiger partial charge in [0.25, 0.3) is 15.9 Å². The van der Waals surface area contributed by atoms with Crippen LogP contribution in [0.4, 0.5) is 10.1 Å². The van der Waals surface area contributed by atoms with E-state index in [-0.39, 0.29) is 33.1 Å². The largest absolute Gasteiger partial charge is 0.350 e. The lowest BCUT2D eigenvalue weighted by Crippen LogP contribution is -2.34. The molecular formula is C21H21ClFN3O3S2. The molecule has 1 atom stereocenters. The number of amides is 1. The number of sulfonamides is 1. The molecule has 3 aromatic rings. The van der Waals surface area contributed by atoms with Gasteiger partial charge in [-0.15, -0.1) is 11.3 Å². The minimum absolute atomic E-state index is 0.00713. The molecule has 0 aliphatic heterocycles. The van der Waals surface area contributed by atoms with Crippen LogP contribution in [0.25, 0.3) is 0 Å². The second-order valence-corrected chi connectivity index (χ2v) is 10.0. The lowest BCUT2D eigenvalue weighted by molar-refractivity contribution is 0.0942. The zero-order valence-electron chi connectivity index (χ0n) is 16.8. The third kappa shape index (κ3) is 5.82. The molecule has 31 heavy (non-hydrogen) atoms. The molecule has 0 saturated heterocycles. The standard InChI is InChI=1S/C21H21ClFN3O3S2/c1-26(2)19(20-4-3-11-30-20)13-24-21(27)14-5-10-17(22)18(12-14)25-31(28,29)16-8-6-15(23)7-9-16/h3-12,19,25H,13H2,1-2H3,(H,24,27). The third-order valence-electron chi connectivity index (χ3n) is 4.55. The Labute approximate surface area is 189 Å². The number of nitrogens with one attached hydrogen (secondary N) is 2. The average molecular weight is 482 g/mol. The molecule has 3 rings (SSSR count). The lowest BCUT2D eigenvalue weighted by Gasteiger charge is -2.23. The van der Waals surface area contributed by atoms with E-state index in [1.54, 1.807) is 11.3 Å². The molecule has 2 N–H and O–H groups in total. The Morgan fingerprint density at radius 2 is 1.87 bits per heavy atom. The summed E-state index contributed by atoms with van der Waals surface area (Å²) >= 11 is 7.74. The molecule has 0 saturated carbocycles. The van der Waals surface area contributed by atoms with Gasteiger partial charge < -0.3 is 10.2 Å². The Kier molecular flexibility index (Phi) is 7.32. The highest BCUT2D eigenvalue weighted by molar-refractivity contribution is 7.92. The van der Waals surface area contributed by atoms with Crippen molar-refractivity contribution in [1.82, 2.24) is 10.2 Å². The maximum absolute atomic E-state index is 13.1. The highest BCUT2D eigenvalue weighted by atomic mass is 35.5. The molecule has 164 valence electrons. The Balaban J connectivity index is 1.75. The number of benzene rings is 2. The highest BCUT2D eigenvalue weighted by Gasteiger charge is 2.19. The van der Waals surface area contributed by atoms with Gasteiger partial charge >= 0.3 is 0 Å². The minimum atomic E-state index is -4.00. The van der Waals surface area contributed by atoms with Crippen LogP contribution in [0.2, 0.25) is 5.02 Å². The number of anilines is 1. The fourth-order valence-electron chi connectivity index (χ4n) is 2.87. The molecular weight excluding hydrogens is 461 g/mol. The summed E-state index contributed by atoms with van der Waals surface area (Å²) in [5.74, 6) is -0.906. The smallest absolute Gasteiger partial charge is 0.261 e. The van der Waals surface area contributed by atoms with Gasteiger partial charge in [0.2, 0.25) is 0 Å². The Morgan fingerprint density at radius 3 is 2.48 bits per heavy atom. The second kappa shape index (κ2) is 9.78. The summed E-state index contributed by atoms with van der Waals surface area (Å²) in [7, 11) is -0.136. The first-order valence-electron chi connectivity index (χ1n) is 9.23. The number of hydrogen-bond donors (Lipinski definition) is 2. The van der Waals surface area contributed by atoms with Crippen molar-refractivity contribution in [2.24, 2.45) is 0 Å². The SMILES string of the molecule is CN(C)C(CNC(=O)c1ccc(Cl)c(NS(=O)(=O)c2ccc(F)cc2)c1)c1cccs1. The molecule has 0 fully saturated rings. The predicted molar refractivity (Wildman–Crippen MR) is 122 cm³/mol. The fraction of sp³-hybridized carbons (Fsp3) is 0.190. The second-order valence-electron chi connectivity index (χ2n) is 6.96. The lowest BCUT2D eigenvalue weighted by atomic mass is 10.1. The van der Waals surface area contributed by atoms with Gasteiger partial charge in [-0.05, 0) is 68.0 Å². The van der Waals surface area contributed by atoms with Crippen molar-refractivity contribution in [2.75, 3.05) is 25.4 Å². The molecule has 0 bridgehead atoms. The maximum atomic E-state index is 13.1. The summed E-state index contributed by atoms with van der Waals surface area (Å²) in [6.07, 6.45) is 0. The minimum Gasteiger partial charge on any atom is -0.350 e. The van der Waals surface area contributed by atoms with E-state index in [2.05, 4.69) is 10.0 Å². The van der Waals surface area contributed by atoms with E-state index >= 15 is 0 Å². The summed E-state index contributed by atoms with van der Waals surface area (Å²) in [6.45, 7) is 0.381. The number of hydrogen-bond acceptors (Lipinski definition) is 5. The van der Waals surface area contributed by atoms with Crippen molar-refractivity contribution in [3.05, 3.63) is 81.3 Å². The molecule has 1 heterocycles. The zero-order chi connectivity index (χ0) is 22.6. The molecule has 2 aromatic carbocycles. The molecule has 0 radical (unpaired) electrons. The van der Waals surface area contributed by atoms with E-state index in [1.807, 2.05) is 36.5 Å². The third-order valence-corrected chi connectivity index (χ3v) is 7.23. The Morgan fingerprint density at radius 1 is 1.16 bits per heavy atom. The molecule has 1 aromatic heterocycles. The Bertz CT molecular complexity index is 1150. The van der Waals surface area contributed by atoms with Gasteiger partial charge in [-0.2, -0.15) is 0 Å². The number of carbonyl (C=O) groups excluding carboxylic acids is 1. The van der Waals surface area contributed by atoms with Crippen LogP contribution in [0.5, 0.6) is 0 Å². The summed E-state index contributed by atoms with van der Waals surface area (Å²) in [5.41, 5.74) is 0.311. The monoisotopic (exact) mass is 481 g/mol. The van der Waals surface area contributed by atoms with Gasteiger partial charge in [0.15, 0.2) is 0 Å². The van der Waals surface area contributed by atoms with Crippen molar-refractivity contribution in [3.8, 4) is 0 Å². The first-order valence-corrected chi connectivity index (χ1v) is 12.0. The molecule has 6 nitrogen and oxygen atoms in total. The van der Waals surface area contributed by atoms with Crippen LogP contribution in [0.1, 0.15) is 21.3 Å². The quantitative estimate of drug-likeness (QED) is 0.500. The molecule has 0 aliphatic carbocycles. The molecule has 0 spiro atoms. The number of rotatable bonds is 8. The molecule has 1 unspecified atom stereocenters. The average Bonchev–Trinajstić information content (AvgIpc) is 3.24. The van der Waals surface area contributed by atoms with Crippen LogP contribution < -0.4 is 10.0 Å². The van der Waals surface area contributed by atoms with Gasteiger partial charge in [-0.3, -0.25) is 9.52 Å². The van der Waals surface area contributed by atoms with E-state index in [1.165, 1.54) is 18.2 Å². The highest BCUT2D eigenvalue weighted by Crippen LogP contribution is 2.27. The van der Waals surface area contributed by atoms with Gasteiger partial charge in [0.1, 0.15) is 5.82 Å². The van der Waals surface area contributed by atoms with Gasteiger partial charge in [-0.1, -0.05) is 17.7 Å². The van der Waals surface area contributed by atoms with Crippen LogP contribution in [0.3, 0.4) is 0 Å². The summed E-state index contributed by atoms with van der Waals surface area (Å²) in [6, 6.07) is 12.7. The van der Waals surface area contributed by atoms with Crippen molar-refractivity contribution in [1.29, 1.82) is 0 Å². The van der Waals surface area contributed by atoms with E-state index in [9.17, 15) is 17.6 Å². The number of halogens is 2. The van der Waals surface area contributed by atoms with Crippen molar-refractivity contribution >= 4 is 44.6 Å². The predicted octanol–water partition coefficient (Wildman–Crippen LogP) is 4.37. The molecule has 10 heteroatoms. The summed E-state index contributed by atoms with van der Waals surface area (Å²) < 4.78 is 40.6. The number of carbonyl (C=O) groups is 1. The summed E-state index contributed by atoms with van der Waals surface area (Å²) in [4.78, 5) is 15.7. The van der Waals surface area contributed by atoms with Gasteiger partial charge in [0.05, 0.1) is 21.6 Å². The Hall–Kier alpha value is -2.46. The maximum Gasteiger partial charge on any atom is 0.261 e. The summed E-state index contributed by atoms with van der Waals surface area (Å²) in [5, 5.41) is 4.99. The van der Waals surface area contributed by atoms with E-state index < -0.39 is 15.8 Å². The number of nitrogens with zero attached hydrogens (tertiary/aromatic N) is 1. The normalized spacial score (nSPS) is 12.5. The molecule has 0 aliphatic rings. The number of thiophene rings is 1. The van der Waals surface area contributed by atoms with E-state index in [0.717, 1.165) is 29.1 Å². The topological polar surface area (TPSA) is 78.5 Å². The van der Waals surface area contributed by atoms with E-state index in [0.29, 0.717) is 6.54 Å². The zero-order valence-corrected chi connectivity index (χ0v) is 19.2. The van der Waals surface area contributed by atoms with Gasteiger partial charge in [0, 0.05) is 17.0 Å². The number of likely N-dealkylation sites (N-methyl/N-ethyl adjacent to an activating group) is 1. The van der Waals surface area contributed by atoms with Crippen molar-refractivity contribution in [2.45, 2.75) is 10.9 Å². The van der Waals surface area contributed by atoms with Crippen LogP contribution >= 0.6 is 22.9 Å².